The molecule has 6 aromatic carbocycles. The van der Waals surface area contributed by atoms with Gasteiger partial charge < -0.3 is 9.55 Å². The van der Waals surface area contributed by atoms with Gasteiger partial charge in [0.25, 0.3) is 0 Å². The van der Waals surface area contributed by atoms with Crippen molar-refractivity contribution in [3.8, 4) is 22.5 Å². The van der Waals surface area contributed by atoms with Crippen LogP contribution in [0, 0.1) is 11.6 Å². The minimum atomic E-state index is -0.329. The van der Waals surface area contributed by atoms with Gasteiger partial charge in [0.2, 0.25) is 0 Å². The monoisotopic (exact) mass is 784 g/mol. The van der Waals surface area contributed by atoms with E-state index < -0.39 is 0 Å². The topological polar surface area (TPSA) is 27.2 Å². The van der Waals surface area contributed by atoms with E-state index in [1.165, 1.54) is 12.1 Å². The molecule has 0 aliphatic heterocycles. The second kappa shape index (κ2) is 16.9. The van der Waals surface area contributed by atoms with Crippen LogP contribution in [0.3, 0.4) is 0 Å². The van der Waals surface area contributed by atoms with Gasteiger partial charge >= 0.3 is 0 Å². The fourth-order valence-corrected chi connectivity index (χ4v) is 8.52. The zero-order valence-electron chi connectivity index (χ0n) is 32.1. The van der Waals surface area contributed by atoms with Gasteiger partial charge in [-0.2, -0.15) is 0 Å². The predicted octanol–water partition coefficient (Wildman–Crippen LogP) is 13.1. The Labute approximate surface area is 337 Å². The summed E-state index contributed by atoms with van der Waals surface area (Å²) in [7, 11) is 7.84. The molecule has 284 valence electrons. The summed E-state index contributed by atoms with van der Waals surface area (Å²) in [4.78, 5) is 7.58. The Kier molecular flexibility index (Phi) is 11.7. The lowest BCUT2D eigenvalue weighted by atomic mass is 9.92. The van der Waals surface area contributed by atoms with E-state index in [1.54, 1.807) is 24.3 Å². The van der Waals surface area contributed by atoms with Crippen molar-refractivity contribution in [1.29, 1.82) is 0 Å². The molecule has 8 heteroatoms. The van der Waals surface area contributed by atoms with Gasteiger partial charge in [0, 0.05) is 60.6 Å². The number of para-hydroxylation sites is 2. The van der Waals surface area contributed by atoms with Crippen LogP contribution >= 0.6 is 23.2 Å². The number of aryl methyl sites for hydroxylation is 1. The number of benzene rings is 6. The van der Waals surface area contributed by atoms with E-state index in [0.717, 1.165) is 62.0 Å². The molecular weight excluding hydrogens is 741 g/mol. The maximum atomic E-state index is 15.1. The van der Waals surface area contributed by atoms with Crippen LogP contribution in [0.15, 0.2) is 146 Å². The predicted molar refractivity (Wildman–Crippen MR) is 231 cm³/mol. The largest absolute Gasteiger partial charge is 0.354 e. The van der Waals surface area contributed by atoms with Crippen molar-refractivity contribution in [2.45, 2.75) is 25.6 Å². The lowest BCUT2D eigenvalue weighted by molar-refractivity contribution is 0.336. The zero-order valence-corrected chi connectivity index (χ0v) is 33.6. The molecule has 0 saturated carbocycles. The molecule has 0 aliphatic rings. The summed E-state index contributed by atoms with van der Waals surface area (Å²) in [5.74, 6) is -0.589. The van der Waals surface area contributed by atoms with Crippen LogP contribution in [0.2, 0.25) is 10.0 Å². The highest BCUT2D eigenvalue weighted by Crippen LogP contribution is 2.45. The molecule has 8 rings (SSSR count). The third-order valence-electron chi connectivity index (χ3n) is 10.3. The maximum absolute atomic E-state index is 15.1. The highest BCUT2D eigenvalue weighted by molar-refractivity contribution is 6.31. The Morgan fingerprint density at radius 2 is 1.02 bits per heavy atom. The summed E-state index contributed by atoms with van der Waals surface area (Å²) in [5, 5.41) is 3.05. The molecule has 0 amide bonds. The Morgan fingerprint density at radius 3 is 1.55 bits per heavy atom. The molecule has 8 aromatic rings. The molecule has 0 saturated heterocycles. The van der Waals surface area contributed by atoms with Crippen LogP contribution in [-0.2, 0) is 6.54 Å². The van der Waals surface area contributed by atoms with E-state index >= 15 is 4.39 Å². The quantitative estimate of drug-likeness (QED) is 0.158. The lowest BCUT2D eigenvalue weighted by Gasteiger charge is -2.28. The fourth-order valence-electron chi connectivity index (χ4n) is 7.99. The van der Waals surface area contributed by atoms with Crippen LogP contribution in [0.4, 0.5) is 8.78 Å². The number of aromatic amines is 1. The summed E-state index contributed by atoms with van der Waals surface area (Å²) in [6.07, 6.45) is 0. The molecule has 1 N–H and O–H groups in total. The SMILES string of the molecule is CCn1c(-c2ccccc2)c(C(c2c(F)cccc2Cl)N(C)C)c2ccccc21.CN(C)C(c1c(F)cccc1Cl)c1c(-c2ccccc2)[nH]c2ccccc12. The van der Waals surface area contributed by atoms with Gasteiger partial charge in [-0.25, -0.2) is 8.78 Å². The van der Waals surface area contributed by atoms with Gasteiger partial charge in [0.15, 0.2) is 0 Å². The number of halogens is 4. The van der Waals surface area contributed by atoms with Crippen molar-refractivity contribution in [3.63, 3.8) is 0 Å². The second-order valence-corrected chi connectivity index (χ2v) is 15.0. The average molecular weight is 786 g/mol. The van der Waals surface area contributed by atoms with E-state index in [4.69, 9.17) is 23.2 Å². The highest BCUT2D eigenvalue weighted by Gasteiger charge is 2.31. The number of fused-ring (bicyclic) bond motifs is 2. The minimum absolute atomic E-state index is 0.288. The number of rotatable bonds is 9. The van der Waals surface area contributed by atoms with E-state index in [-0.39, 0.29) is 23.7 Å². The number of H-pyrrole nitrogens is 1. The van der Waals surface area contributed by atoms with Crippen molar-refractivity contribution in [1.82, 2.24) is 19.4 Å². The molecular formula is C48H44Cl2F2N4. The Morgan fingerprint density at radius 1 is 0.536 bits per heavy atom. The Balaban J connectivity index is 0.000000172. The fraction of sp³-hybridized carbons (Fsp3) is 0.167. The van der Waals surface area contributed by atoms with Crippen molar-refractivity contribution in [2.75, 3.05) is 28.2 Å². The molecule has 2 unspecified atom stereocenters. The van der Waals surface area contributed by atoms with Gasteiger partial charge in [-0.1, -0.05) is 132 Å². The van der Waals surface area contributed by atoms with E-state index in [1.807, 2.05) is 105 Å². The number of hydrogen-bond acceptors (Lipinski definition) is 2. The molecule has 0 fully saturated rings. The molecule has 2 aromatic heterocycles. The van der Waals surface area contributed by atoms with Gasteiger partial charge in [-0.15, -0.1) is 0 Å². The van der Waals surface area contributed by atoms with Crippen LogP contribution in [-0.4, -0.2) is 47.5 Å². The zero-order chi connectivity index (χ0) is 39.5. The van der Waals surface area contributed by atoms with Gasteiger partial charge in [-0.05, 0) is 82.6 Å². The van der Waals surface area contributed by atoms with Gasteiger partial charge in [0.05, 0.1) is 23.5 Å². The van der Waals surface area contributed by atoms with Crippen molar-refractivity contribution < 1.29 is 8.78 Å². The molecule has 0 aliphatic carbocycles. The van der Waals surface area contributed by atoms with Crippen LogP contribution in [0.25, 0.3) is 44.3 Å². The molecule has 2 heterocycles. The van der Waals surface area contributed by atoms with Crippen LogP contribution in [0.1, 0.15) is 41.3 Å². The van der Waals surface area contributed by atoms with E-state index in [2.05, 4.69) is 58.9 Å². The molecule has 0 radical (unpaired) electrons. The summed E-state index contributed by atoms with van der Waals surface area (Å²) in [6, 6.07) is 46.0. The molecule has 0 bridgehead atoms. The average Bonchev–Trinajstić information content (AvgIpc) is 3.74. The number of hydrogen-bond donors (Lipinski definition) is 1. The summed E-state index contributed by atoms with van der Waals surface area (Å²) < 4.78 is 32.2. The number of nitrogens with one attached hydrogen (secondary N) is 1. The first-order chi connectivity index (χ1) is 27.1. The number of nitrogens with zero attached hydrogens (tertiary/aromatic N) is 3. The van der Waals surface area contributed by atoms with E-state index in [0.29, 0.717) is 21.2 Å². The summed E-state index contributed by atoms with van der Waals surface area (Å²) in [5.41, 5.74) is 9.51. The van der Waals surface area contributed by atoms with Gasteiger partial charge in [-0.3, -0.25) is 9.80 Å². The van der Waals surface area contributed by atoms with Crippen LogP contribution in [0.5, 0.6) is 0 Å². The summed E-state index contributed by atoms with van der Waals surface area (Å²) >= 11 is 13.0. The molecule has 2 atom stereocenters. The highest BCUT2D eigenvalue weighted by atomic mass is 35.5. The normalized spacial score (nSPS) is 12.6. The van der Waals surface area contributed by atoms with E-state index in [9.17, 15) is 4.39 Å². The van der Waals surface area contributed by atoms with Gasteiger partial charge in [0.1, 0.15) is 11.6 Å². The minimum Gasteiger partial charge on any atom is -0.354 e. The second-order valence-electron chi connectivity index (χ2n) is 14.2. The Hall–Kier alpha value is -5.24. The smallest absolute Gasteiger partial charge is 0.129 e. The standard InChI is InChI=1S/C25H24ClFN2.C23H20ClFN2/c1-4-29-21-16-9-8-13-18(21)22(24(29)17-11-6-5-7-12-17)25(28(2)3)23-19(26)14-10-15-20(23)27;1-27(2)23(21-17(24)12-8-13-18(21)25)20-16-11-6-7-14-19(16)26-22(20)15-9-4-3-5-10-15/h5-16,25H,4H2,1-3H3;3-14,23,26H,1-2H3. The van der Waals surface area contributed by atoms with Crippen LogP contribution < -0.4 is 0 Å². The Bertz CT molecular complexity index is 2560. The first-order valence-electron chi connectivity index (χ1n) is 18.7. The first kappa shape index (κ1) is 39.0. The van der Waals surface area contributed by atoms with Crippen molar-refractivity contribution in [2.24, 2.45) is 0 Å². The molecule has 0 spiro atoms. The summed E-state index contributed by atoms with van der Waals surface area (Å²) in [6.45, 7) is 2.96. The third kappa shape index (κ3) is 7.38. The molecule has 4 nitrogen and oxygen atoms in total. The first-order valence-corrected chi connectivity index (χ1v) is 19.4. The number of aromatic nitrogens is 2. The van der Waals surface area contributed by atoms with Crippen molar-refractivity contribution >= 4 is 45.0 Å². The lowest BCUT2D eigenvalue weighted by Crippen LogP contribution is -2.23. The maximum Gasteiger partial charge on any atom is 0.129 e. The van der Waals surface area contributed by atoms with Crippen molar-refractivity contribution in [3.05, 3.63) is 190 Å². The molecule has 56 heavy (non-hydrogen) atoms. The third-order valence-corrected chi connectivity index (χ3v) is 11.0.